The fraction of sp³-hybridized carbons (Fsp3) is 0.238. The van der Waals surface area contributed by atoms with Crippen LogP contribution in [-0.4, -0.2) is 0 Å². The molecule has 1 unspecified atom stereocenters. The van der Waals surface area contributed by atoms with Crippen molar-refractivity contribution in [2.75, 3.05) is 4.90 Å². The van der Waals surface area contributed by atoms with Gasteiger partial charge in [0.05, 0.1) is 0 Å². The van der Waals surface area contributed by atoms with E-state index in [9.17, 15) is 0 Å². The molecule has 2 bridgehead atoms. The third-order valence-electron chi connectivity index (χ3n) is 17.3. The lowest BCUT2D eigenvalue weighted by Crippen LogP contribution is -2.47. The molecule has 2 spiro atoms. The highest BCUT2D eigenvalue weighted by Crippen LogP contribution is 2.64. The quantitative estimate of drug-likeness (QED) is 0.172. The van der Waals surface area contributed by atoms with Crippen molar-refractivity contribution in [3.05, 3.63) is 198 Å². The molecule has 2 nitrogen and oxygen atoms in total. The van der Waals surface area contributed by atoms with Crippen molar-refractivity contribution < 1.29 is 4.42 Å². The molecule has 0 saturated heterocycles. The monoisotopic (exact) mass is 839 g/mol. The summed E-state index contributed by atoms with van der Waals surface area (Å²) in [5, 5.41) is 2.28. The maximum Gasteiger partial charge on any atom is 0.136 e. The van der Waals surface area contributed by atoms with Gasteiger partial charge in [0.1, 0.15) is 11.2 Å². The molecule has 3 saturated carbocycles. The number of anilines is 3. The van der Waals surface area contributed by atoms with Crippen LogP contribution >= 0.6 is 0 Å². The lowest BCUT2D eigenvalue weighted by atomic mass is 9.51. The second-order valence-electron chi connectivity index (χ2n) is 20.3. The fourth-order valence-electron chi connectivity index (χ4n) is 14.6. The Morgan fingerprint density at radius 1 is 0.446 bits per heavy atom. The summed E-state index contributed by atoms with van der Waals surface area (Å²) in [6.07, 6.45) is 11.8. The standard InChI is InChI=1S/C63H53NO/c1-40-34-41-12-11-15-46(35-41)63(40)57-19-8-6-17-51(57)54-36-44(23-30-58(54)63)45-22-28-53-55-38-48(27-31-60(55)65-61(53)37-45)64(47-24-20-43(21-25-47)42-13-3-2-4-14-42)49-26-29-52-50-16-5-7-18-56(50)62(59(52)39-49)32-9-10-33-62/h2-8,13-14,16-31,36-41,46H,9-12,15,32-35H2,1H3/t40-,41?,46+,63+/m0/s1. The Hall–Kier alpha value is -6.64. The molecule has 8 aromatic carbocycles. The zero-order valence-electron chi connectivity index (χ0n) is 37.2. The zero-order valence-corrected chi connectivity index (χ0v) is 37.2. The molecule has 2 heteroatoms. The van der Waals surface area contributed by atoms with E-state index in [4.69, 9.17) is 4.42 Å². The summed E-state index contributed by atoms with van der Waals surface area (Å²) >= 11 is 0. The smallest absolute Gasteiger partial charge is 0.136 e. The van der Waals surface area contributed by atoms with E-state index in [2.05, 4.69) is 188 Å². The van der Waals surface area contributed by atoms with Gasteiger partial charge in [-0.05, 0) is 177 Å². The van der Waals surface area contributed by atoms with Crippen LogP contribution in [0.3, 0.4) is 0 Å². The molecule has 9 aromatic rings. The summed E-state index contributed by atoms with van der Waals surface area (Å²) in [5.74, 6) is 2.26. The van der Waals surface area contributed by atoms with Crippen molar-refractivity contribution in [3.8, 4) is 44.5 Å². The molecule has 5 aliphatic rings. The Balaban J connectivity index is 0.871. The van der Waals surface area contributed by atoms with Gasteiger partial charge in [-0.3, -0.25) is 0 Å². The second kappa shape index (κ2) is 14.2. The summed E-state index contributed by atoms with van der Waals surface area (Å²) in [7, 11) is 0. The molecule has 0 amide bonds. The van der Waals surface area contributed by atoms with Crippen molar-refractivity contribution in [2.45, 2.75) is 75.5 Å². The third-order valence-corrected chi connectivity index (χ3v) is 17.3. The van der Waals surface area contributed by atoms with E-state index in [0.29, 0.717) is 5.92 Å². The first kappa shape index (κ1) is 37.7. The van der Waals surface area contributed by atoms with Gasteiger partial charge < -0.3 is 9.32 Å². The Morgan fingerprint density at radius 3 is 1.94 bits per heavy atom. The molecule has 65 heavy (non-hydrogen) atoms. The van der Waals surface area contributed by atoms with E-state index in [1.807, 2.05) is 0 Å². The van der Waals surface area contributed by atoms with Crippen LogP contribution in [-0.2, 0) is 10.8 Å². The molecular formula is C63H53NO. The summed E-state index contributed by atoms with van der Waals surface area (Å²) in [6, 6.07) is 66.7. The van der Waals surface area contributed by atoms with Crippen molar-refractivity contribution in [3.63, 3.8) is 0 Å². The molecule has 316 valence electrons. The largest absolute Gasteiger partial charge is 0.456 e. The Kier molecular flexibility index (Phi) is 8.23. The predicted molar refractivity (Wildman–Crippen MR) is 269 cm³/mol. The second-order valence-corrected chi connectivity index (χ2v) is 20.3. The maximum atomic E-state index is 6.76. The van der Waals surface area contributed by atoms with Gasteiger partial charge in [0.25, 0.3) is 0 Å². The Labute approximate surface area is 382 Å². The van der Waals surface area contributed by atoms with Gasteiger partial charge >= 0.3 is 0 Å². The molecule has 1 aromatic heterocycles. The predicted octanol–water partition coefficient (Wildman–Crippen LogP) is 17.3. The maximum absolute atomic E-state index is 6.76. The number of hydrogen-bond donors (Lipinski definition) is 0. The van der Waals surface area contributed by atoms with Gasteiger partial charge in [0.15, 0.2) is 0 Å². The van der Waals surface area contributed by atoms with Gasteiger partial charge in [0.2, 0.25) is 0 Å². The van der Waals surface area contributed by atoms with Crippen LogP contribution in [0.4, 0.5) is 17.1 Å². The minimum Gasteiger partial charge on any atom is -0.456 e. The minimum atomic E-state index is 0.0875. The molecule has 0 radical (unpaired) electrons. The summed E-state index contributed by atoms with van der Waals surface area (Å²) < 4.78 is 6.76. The zero-order chi connectivity index (χ0) is 42.9. The first-order valence-electron chi connectivity index (χ1n) is 24.5. The topological polar surface area (TPSA) is 16.4 Å². The SMILES string of the molecule is C[C@H]1CC2CCC[C@H](C2)[C@@]12c1ccccc1-c1cc(-c3ccc4c(c3)oc3ccc(N(c5ccc(-c6ccccc6)cc5)c5ccc6c(c5)C5(CCCC5)c5ccccc5-6)cc34)ccc12. The van der Waals surface area contributed by atoms with Crippen molar-refractivity contribution in [1.82, 2.24) is 0 Å². The van der Waals surface area contributed by atoms with E-state index < -0.39 is 0 Å². The van der Waals surface area contributed by atoms with Crippen LogP contribution in [0.1, 0.15) is 87.0 Å². The molecule has 3 fully saturated rings. The lowest BCUT2D eigenvalue weighted by molar-refractivity contribution is 0.0670. The molecular weight excluding hydrogens is 787 g/mol. The lowest BCUT2D eigenvalue weighted by Gasteiger charge is -2.53. The van der Waals surface area contributed by atoms with E-state index in [1.54, 1.807) is 11.1 Å². The molecule has 5 aliphatic carbocycles. The van der Waals surface area contributed by atoms with Gasteiger partial charge in [-0.25, -0.2) is 0 Å². The Bertz CT molecular complexity index is 3350. The van der Waals surface area contributed by atoms with E-state index in [0.717, 1.165) is 45.1 Å². The highest BCUT2D eigenvalue weighted by atomic mass is 16.3. The minimum absolute atomic E-state index is 0.0875. The highest BCUT2D eigenvalue weighted by Gasteiger charge is 2.55. The van der Waals surface area contributed by atoms with Crippen LogP contribution in [0.2, 0.25) is 0 Å². The Morgan fingerprint density at radius 2 is 1.09 bits per heavy atom. The summed E-state index contributed by atoms with van der Waals surface area (Å²) in [4.78, 5) is 2.46. The van der Waals surface area contributed by atoms with Crippen LogP contribution in [0.25, 0.3) is 66.4 Å². The van der Waals surface area contributed by atoms with Crippen molar-refractivity contribution in [1.29, 1.82) is 0 Å². The number of hydrogen-bond acceptors (Lipinski definition) is 2. The molecule has 1 heterocycles. The van der Waals surface area contributed by atoms with E-state index in [-0.39, 0.29) is 10.8 Å². The number of benzene rings is 8. The number of nitrogens with zero attached hydrogens (tertiary/aromatic N) is 1. The van der Waals surface area contributed by atoms with Crippen LogP contribution in [0, 0.1) is 17.8 Å². The summed E-state index contributed by atoms with van der Waals surface area (Å²) in [6.45, 7) is 2.56. The van der Waals surface area contributed by atoms with E-state index >= 15 is 0 Å². The third kappa shape index (κ3) is 5.40. The first-order chi connectivity index (χ1) is 32.1. The number of furan rings is 1. The average Bonchev–Trinajstić information content (AvgIpc) is 4.13. The average molecular weight is 840 g/mol. The van der Waals surface area contributed by atoms with Gasteiger partial charge in [-0.15, -0.1) is 0 Å². The van der Waals surface area contributed by atoms with E-state index in [1.165, 1.54) is 119 Å². The molecule has 0 N–H and O–H groups in total. The van der Waals surface area contributed by atoms with Gasteiger partial charge in [0, 0.05) is 38.7 Å². The fourth-order valence-corrected chi connectivity index (χ4v) is 14.6. The highest BCUT2D eigenvalue weighted by molar-refractivity contribution is 6.08. The number of rotatable bonds is 5. The summed E-state index contributed by atoms with van der Waals surface area (Å²) in [5.41, 5.74) is 22.3. The molecule has 0 aliphatic heterocycles. The first-order valence-corrected chi connectivity index (χ1v) is 24.5. The van der Waals surface area contributed by atoms with Crippen molar-refractivity contribution >= 4 is 39.0 Å². The van der Waals surface area contributed by atoms with Crippen LogP contribution in [0.15, 0.2) is 180 Å². The number of fused-ring (bicyclic) bond motifs is 16. The molecule has 4 atom stereocenters. The van der Waals surface area contributed by atoms with Gasteiger partial charge in [-0.1, -0.05) is 148 Å². The van der Waals surface area contributed by atoms with Gasteiger partial charge in [-0.2, -0.15) is 0 Å². The van der Waals surface area contributed by atoms with Crippen molar-refractivity contribution in [2.24, 2.45) is 17.8 Å². The molecule has 14 rings (SSSR count). The van der Waals surface area contributed by atoms with Crippen LogP contribution in [0.5, 0.6) is 0 Å². The van der Waals surface area contributed by atoms with Crippen LogP contribution < -0.4 is 4.90 Å². The normalized spacial score (nSPS) is 22.0.